The number of nitrogens with one attached hydrogen (secondary N) is 2. The van der Waals surface area contributed by atoms with Crippen LogP contribution in [0.4, 0.5) is 14.5 Å². The van der Waals surface area contributed by atoms with Gasteiger partial charge in [0.1, 0.15) is 11.6 Å². The highest BCUT2D eigenvalue weighted by molar-refractivity contribution is 5.80. The topological polar surface area (TPSA) is 39.7 Å². The van der Waals surface area contributed by atoms with E-state index in [1.54, 1.807) is 7.05 Å². The maximum atomic E-state index is 13.9. The van der Waals surface area contributed by atoms with E-state index in [1.165, 1.54) is 17.8 Å². The van der Waals surface area contributed by atoms with Crippen molar-refractivity contribution >= 4 is 11.6 Å². The van der Waals surface area contributed by atoms with Gasteiger partial charge in [0.05, 0.1) is 6.04 Å². The summed E-state index contributed by atoms with van der Waals surface area (Å²) < 4.78 is 27.0. The summed E-state index contributed by atoms with van der Waals surface area (Å²) in [7, 11) is 1.66. The number of aliphatic imine (C=N–C) groups is 1. The first-order valence-electron chi connectivity index (χ1n) is 8.98. The van der Waals surface area contributed by atoms with Gasteiger partial charge in [-0.2, -0.15) is 0 Å². The highest BCUT2D eigenvalue weighted by Gasteiger charge is 2.13. The van der Waals surface area contributed by atoms with Gasteiger partial charge >= 0.3 is 0 Å². The van der Waals surface area contributed by atoms with Gasteiger partial charge in [-0.25, -0.2) is 8.78 Å². The van der Waals surface area contributed by atoms with E-state index in [-0.39, 0.29) is 6.04 Å². The maximum Gasteiger partial charge on any atom is 0.191 e. The predicted molar refractivity (Wildman–Crippen MR) is 106 cm³/mol. The third-order valence-corrected chi connectivity index (χ3v) is 4.56. The molecule has 1 aliphatic rings. The van der Waals surface area contributed by atoms with Crippen LogP contribution in [-0.2, 0) is 6.54 Å². The largest absolute Gasteiger partial charge is 0.364 e. The molecule has 6 heteroatoms. The van der Waals surface area contributed by atoms with E-state index in [0.717, 1.165) is 24.7 Å². The average Bonchev–Trinajstić information content (AvgIpc) is 3.20. The minimum atomic E-state index is -0.584. The Morgan fingerprint density at radius 2 is 1.93 bits per heavy atom. The molecule has 1 aliphatic heterocycles. The summed E-state index contributed by atoms with van der Waals surface area (Å²) in [6.07, 6.45) is 4.32. The van der Waals surface area contributed by atoms with E-state index in [0.29, 0.717) is 18.1 Å². The lowest BCUT2D eigenvalue weighted by atomic mass is 10.1. The molecule has 0 radical (unpaired) electrons. The van der Waals surface area contributed by atoms with Gasteiger partial charge in [-0.15, -0.1) is 0 Å². The van der Waals surface area contributed by atoms with Crippen molar-refractivity contribution in [1.29, 1.82) is 0 Å². The van der Waals surface area contributed by atoms with E-state index in [9.17, 15) is 8.78 Å². The molecule has 1 heterocycles. The van der Waals surface area contributed by atoms with Crippen LogP contribution >= 0.6 is 0 Å². The summed E-state index contributed by atoms with van der Waals surface area (Å²) in [5.41, 5.74) is 2.70. The summed E-state index contributed by atoms with van der Waals surface area (Å²) in [4.78, 5) is 6.48. The molecule has 2 aromatic carbocycles. The number of rotatable bonds is 5. The summed E-state index contributed by atoms with van der Waals surface area (Å²) >= 11 is 0. The van der Waals surface area contributed by atoms with Gasteiger partial charge in [0.15, 0.2) is 5.96 Å². The van der Waals surface area contributed by atoms with Gasteiger partial charge < -0.3 is 15.5 Å². The number of nitrogens with zero attached hydrogens (tertiary/aromatic N) is 2. The van der Waals surface area contributed by atoms with Gasteiger partial charge in [-0.1, -0.05) is 30.4 Å². The van der Waals surface area contributed by atoms with Crippen molar-refractivity contribution in [2.45, 2.75) is 19.5 Å². The molecular formula is C21H24F2N4. The van der Waals surface area contributed by atoms with Crippen molar-refractivity contribution in [1.82, 2.24) is 10.6 Å². The quantitative estimate of drug-likeness (QED) is 0.478. The molecule has 0 aromatic heterocycles. The van der Waals surface area contributed by atoms with Crippen molar-refractivity contribution in [3.8, 4) is 0 Å². The van der Waals surface area contributed by atoms with E-state index in [4.69, 9.17) is 0 Å². The zero-order valence-electron chi connectivity index (χ0n) is 15.5. The first-order chi connectivity index (χ1) is 13.1. The fourth-order valence-corrected chi connectivity index (χ4v) is 3.07. The van der Waals surface area contributed by atoms with E-state index in [2.05, 4.69) is 50.9 Å². The predicted octanol–water partition coefficient (Wildman–Crippen LogP) is 3.77. The summed E-state index contributed by atoms with van der Waals surface area (Å²) in [5.74, 6) is -0.601. The monoisotopic (exact) mass is 370 g/mol. The van der Waals surface area contributed by atoms with Gasteiger partial charge in [0, 0.05) is 44.0 Å². The molecule has 142 valence electrons. The van der Waals surface area contributed by atoms with Crippen molar-refractivity contribution in [2.75, 3.05) is 25.0 Å². The van der Waals surface area contributed by atoms with Gasteiger partial charge in [0.2, 0.25) is 0 Å². The van der Waals surface area contributed by atoms with Crippen molar-refractivity contribution in [3.63, 3.8) is 0 Å². The first-order valence-corrected chi connectivity index (χ1v) is 8.98. The third kappa shape index (κ3) is 4.84. The fourth-order valence-electron chi connectivity index (χ4n) is 3.07. The molecule has 3 rings (SSSR count). The standard InChI is InChI=1S/C21H24F2N4/c1-15(19-9-8-17(22)13-20(19)23)26-21(24-2)25-14-16-6-5-7-18(12-16)27-10-3-4-11-27/h3-9,12-13,15H,10-11,14H2,1-2H3,(H2,24,25,26). The van der Waals surface area contributed by atoms with Crippen LogP contribution in [0, 0.1) is 11.6 Å². The minimum Gasteiger partial charge on any atom is -0.364 e. The SMILES string of the molecule is CN=C(NCc1cccc(N2CC=CC2)c1)NC(C)c1ccc(F)cc1F. The second kappa shape index (κ2) is 8.66. The number of anilines is 1. The van der Waals surface area contributed by atoms with Crippen molar-refractivity contribution < 1.29 is 8.78 Å². The molecule has 0 saturated carbocycles. The second-order valence-corrected chi connectivity index (χ2v) is 6.50. The lowest BCUT2D eigenvalue weighted by Gasteiger charge is -2.20. The zero-order chi connectivity index (χ0) is 19.2. The van der Waals surface area contributed by atoms with Crippen LogP contribution in [0.5, 0.6) is 0 Å². The number of halogens is 2. The number of guanidine groups is 1. The van der Waals surface area contributed by atoms with Crippen LogP contribution in [-0.4, -0.2) is 26.1 Å². The van der Waals surface area contributed by atoms with Crippen LogP contribution in [0.15, 0.2) is 59.6 Å². The Balaban J connectivity index is 1.60. The molecule has 0 fully saturated rings. The molecular weight excluding hydrogens is 346 g/mol. The van der Waals surface area contributed by atoms with Crippen LogP contribution in [0.25, 0.3) is 0 Å². The summed E-state index contributed by atoms with van der Waals surface area (Å²) in [6.45, 7) is 4.26. The normalized spacial score (nSPS) is 15.1. The van der Waals surface area contributed by atoms with E-state index >= 15 is 0 Å². The van der Waals surface area contributed by atoms with Crippen LogP contribution in [0.3, 0.4) is 0 Å². The number of hydrogen-bond acceptors (Lipinski definition) is 2. The van der Waals surface area contributed by atoms with E-state index in [1.807, 2.05) is 13.0 Å². The minimum absolute atomic E-state index is 0.348. The Morgan fingerprint density at radius 1 is 1.15 bits per heavy atom. The molecule has 0 aliphatic carbocycles. The second-order valence-electron chi connectivity index (χ2n) is 6.50. The van der Waals surface area contributed by atoms with E-state index < -0.39 is 11.6 Å². The highest BCUT2D eigenvalue weighted by Crippen LogP contribution is 2.19. The Labute approximate surface area is 158 Å². The Bertz CT molecular complexity index is 840. The first kappa shape index (κ1) is 18.9. The Morgan fingerprint density at radius 3 is 2.63 bits per heavy atom. The molecule has 1 unspecified atom stereocenters. The zero-order valence-corrected chi connectivity index (χ0v) is 15.5. The highest BCUT2D eigenvalue weighted by atomic mass is 19.1. The molecule has 4 nitrogen and oxygen atoms in total. The van der Waals surface area contributed by atoms with Gasteiger partial charge in [0.25, 0.3) is 0 Å². The van der Waals surface area contributed by atoms with Crippen LogP contribution in [0.1, 0.15) is 24.1 Å². The lowest BCUT2D eigenvalue weighted by Crippen LogP contribution is -2.38. The van der Waals surface area contributed by atoms with Crippen molar-refractivity contribution in [3.05, 3.63) is 77.4 Å². The molecule has 0 saturated heterocycles. The average molecular weight is 370 g/mol. The van der Waals surface area contributed by atoms with Gasteiger partial charge in [-0.05, 0) is 30.7 Å². The van der Waals surface area contributed by atoms with Crippen LogP contribution in [0.2, 0.25) is 0 Å². The van der Waals surface area contributed by atoms with Crippen molar-refractivity contribution in [2.24, 2.45) is 4.99 Å². The molecule has 1 atom stereocenters. The fraction of sp³-hybridized carbons (Fsp3) is 0.286. The molecule has 27 heavy (non-hydrogen) atoms. The summed E-state index contributed by atoms with van der Waals surface area (Å²) in [5, 5.41) is 6.38. The molecule has 0 spiro atoms. The van der Waals surface area contributed by atoms with Crippen LogP contribution < -0.4 is 15.5 Å². The Kier molecular flexibility index (Phi) is 6.06. The molecule has 0 amide bonds. The number of benzene rings is 2. The molecule has 2 N–H and O–H groups in total. The number of hydrogen-bond donors (Lipinski definition) is 2. The maximum absolute atomic E-state index is 13.9. The Hall–Kier alpha value is -2.89. The smallest absolute Gasteiger partial charge is 0.191 e. The van der Waals surface area contributed by atoms with Gasteiger partial charge in [-0.3, -0.25) is 4.99 Å². The lowest BCUT2D eigenvalue weighted by molar-refractivity contribution is 0.550. The molecule has 0 bridgehead atoms. The third-order valence-electron chi connectivity index (χ3n) is 4.56. The summed E-state index contributed by atoms with van der Waals surface area (Å²) in [6, 6.07) is 11.6. The molecule has 2 aromatic rings.